The predicted octanol–water partition coefficient (Wildman–Crippen LogP) is 4.16. The van der Waals surface area contributed by atoms with Crippen molar-refractivity contribution in [2.45, 2.75) is 25.7 Å². The summed E-state index contributed by atoms with van der Waals surface area (Å²) in [4.78, 5) is 28.7. The van der Waals surface area contributed by atoms with E-state index in [1.807, 2.05) is 0 Å². The molecule has 0 aliphatic heterocycles. The number of carboxylic acids is 1. The summed E-state index contributed by atoms with van der Waals surface area (Å²) in [7, 11) is 0. The molecule has 3 rings (SSSR count). The molecule has 0 saturated heterocycles. The van der Waals surface area contributed by atoms with Gasteiger partial charge in [-0.3, -0.25) is 9.59 Å². The number of thiazole rings is 1. The largest absolute Gasteiger partial charge is 0.481 e. The minimum atomic E-state index is -0.943. The van der Waals surface area contributed by atoms with Gasteiger partial charge in [0.25, 0.3) is 0 Å². The average molecular weight is 390 g/mol. The van der Waals surface area contributed by atoms with E-state index >= 15 is 0 Å². The molecule has 6 nitrogen and oxygen atoms in total. The zero-order valence-corrected chi connectivity index (χ0v) is 15.3. The lowest BCUT2D eigenvalue weighted by molar-refractivity contribution is -0.147. The monoisotopic (exact) mass is 389 g/mol. The molecule has 134 valence electrons. The highest BCUT2D eigenvalue weighted by molar-refractivity contribution is 7.16. The molecule has 0 spiro atoms. The quantitative estimate of drug-likeness (QED) is 0.816. The van der Waals surface area contributed by atoms with Crippen molar-refractivity contribution < 1.29 is 14.7 Å². The molecule has 1 aliphatic carbocycles. The van der Waals surface area contributed by atoms with E-state index in [9.17, 15) is 20.0 Å². The van der Waals surface area contributed by atoms with Crippen LogP contribution in [0.25, 0.3) is 11.3 Å². The van der Waals surface area contributed by atoms with Crippen LogP contribution in [0.5, 0.6) is 0 Å². The first-order valence-corrected chi connectivity index (χ1v) is 9.39. The summed E-state index contributed by atoms with van der Waals surface area (Å²) < 4.78 is 0. The minimum Gasteiger partial charge on any atom is -0.481 e. The summed E-state index contributed by atoms with van der Waals surface area (Å²) in [5.41, 5.74) is 1.14. The Morgan fingerprint density at radius 1 is 1.31 bits per heavy atom. The van der Waals surface area contributed by atoms with Gasteiger partial charge < -0.3 is 10.4 Å². The van der Waals surface area contributed by atoms with Crippen LogP contribution in [0.2, 0.25) is 5.02 Å². The molecule has 1 heterocycles. The molecule has 0 bridgehead atoms. The van der Waals surface area contributed by atoms with E-state index < -0.39 is 17.8 Å². The lowest BCUT2D eigenvalue weighted by Crippen LogP contribution is -2.36. The standard InChI is InChI=1S/C18H16ClN3O3S/c19-11-5-3-4-10(8-11)15-14(9-20)26-18(21-15)22-16(23)12-6-1-2-7-13(12)17(24)25/h3-5,8,12-13H,1-2,6-7H2,(H,24,25)(H,21,22,23)/t12-,13+/m0/s1. The van der Waals surface area contributed by atoms with E-state index in [4.69, 9.17) is 11.6 Å². The number of amides is 1. The van der Waals surface area contributed by atoms with Gasteiger partial charge in [0.1, 0.15) is 16.6 Å². The van der Waals surface area contributed by atoms with Crippen LogP contribution in [0, 0.1) is 23.2 Å². The number of nitrogens with one attached hydrogen (secondary N) is 1. The first-order valence-electron chi connectivity index (χ1n) is 8.20. The zero-order valence-electron chi connectivity index (χ0n) is 13.7. The Labute approximate surface area is 159 Å². The molecule has 2 aromatic rings. The summed E-state index contributed by atoms with van der Waals surface area (Å²) in [6.45, 7) is 0. The maximum absolute atomic E-state index is 12.6. The summed E-state index contributed by atoms with van der Waals surface area (Å²) >= 11 is 7.06. The Balaban J connectivity index is 1.83. The minimum absolute atomic E-state index is 0.288. The number of benzene rings is 1. The maximum Gasteiger partial charge on any atom is 0.307 e. The number of aliphatic carboxylic acids is 1. The zero-order chi connectivity index (χ0) is 18.7. The molecule has 2 N–H and O–H groups in total. The van der Waals surface area contributed by atoms with E-state index in [2.05, 4.69) is 16.4 Å². The van der Waals surface area contributed by atoms with Gasteiger partial charge in [-0.25, -0.2) is 4.98 Å². The number of carbonyl (C=O) groups excluding carboxylic acids is 1. The Hall–Kier alpha value is -2.43. The Kier molecular flexibility index (Phi) is 5.55. The lowest BCUT2D eigenvalue weighted by Gasteiger charge is -2.26. The van der Waals surface area contributed by atoms with Crippen LogP contribution in [0.1, 0.15) is 30.6 Å². The molecule has 26 heavy (non-hydrogen) atoms. The van der Waals surface area contributed by atoms with E-state index in [0.29, 0.717) is 34.0 Å². The van der Waals surface area contributed by atoms with Crippen molar-refractivity contribution in [1.82, 2.24) is 4.98 Å². The molecule has 2 atom stereocenters. The number of nitrogens with zero attached hydrogens (tertiary/aromatic N) is 2. The van der Waals surface area contributed by atoms with Gasteiger partial charge in [0.05, 0.1) is 11.8 Å². The molecule has 1 aromatic carbocycles. The van der Waals surface area contributed by atoms with Crippen molar-refractivity contribution >= 4 is 39.9 Å². The van der Waals surface area contributed by atoms with Gasteiger partial charge in [0, 0.05) is 10.6 Å². The molecule has 1 aliphatic rings. The molecular weight excluding hydrogens is 374 g/mol. The lowest BCUT2D eigenvalue weighted by atomic mass is 9.79. The van der Waals surface area contributed by atoms with Gasteiger partial charge in [0.2, 0.25) is 5.91 Å². The highest BCUT2D eigenvalue weighted by Crippen LogP contribution is 2.34. The highest BCUT2D eigenvalue weighted by Gasteiger charge is 2.36. The maximum atomic E-state index is 12.6. The average Bonchev–Trinajstić information content (AvgIpc) is 3.04. The fraction of sp³-hybridized carbons (Fsp3) is 0.333. The van der Waals surface area contributed by atoms with E-state index in [0.717, 1.165) is 24.2 Å². The summed E-state index contributed by atoms with van der Waals surface area (Å²) in [6, 6.07) is 9.05. The summed E-state index contributed by atoms with van der Waals surface area (Å²) in [5.74, 6) is -2.55. The number of anilines is 1. The van der Waals surface area contributed by atoms with Crippen molar-refractivity contribution in [3.63, 3.8) is 0 Å². The van der Waals surface area contributed by atoms with Crippen molar-refractivity contribution in [2.75, 3.05) is 5.32 Å². The van der Waals surface area contributed by atoms with Crippen LogP contribution in [0.4, 0.5) is 5.13 Å². The Morgan fingerprint density at radius 3 is 2.69 bits per heavy atom. The van der Waals surface area contributed by atoms with Crippen LogP contribution in [-0.4, -0.2) is 22.0 Å². The van der Waals surface area contributed by atoms with E-state index in [1.165, 1.54) is 0 Å². The molecule has 0 radical (unpaired) electrons. The fourth-order valence-electron chi connectivity index (χ4n) is 3.22. The second kappa shape index (κ2) is 7.85. The van der Waals surface area contributed by atoms with Gasteiger partial charge in [0.15, 0.2) is 5.13 Å². The normalized spacial score (nSPS) is 19.5. The summed E-state index contributed by atoms with van der Waals surface area (Å²) in [5, 5.41) is 22.2. The van der Waals surface area contributed by atoms with Crippen molar-refractivity contribution in [1.29, 1.82) is 5.26 Å². The van der Waals surface area contributed by atoms with Gasteiger partial charge >= 0.3 is 5.97 Å². The third-order valence-corrected chi connectivity index (χ3v) is 5.59. The van der Waals surface area contributed by atoms with Gasteiger partial charge in [-0.2, -0.15) is 5.26 Å². The SMILES string of the molecule is N#Cc1sc(NC(=O)[C@H]2CCCC[C@H]2C(=O)O)nc1-c1cccc(Cl)c1. The molecule has 1 amide bonds. The van der Waals surface area contributed by atoms with Crippen LogP contribution in [-0.2, 0) is 9.59 Å². The number of aromatic nitrogens is 1. The van der Waals surface area contributed by atoms with Crippen LogP contribution in [0.15, 0.2) is 24.3 Å². The topological polar surface area (TPSA) is 103 Å². The molecule has 1 aromatic heterocycles. The summed E-state index contributed by atoms with van der Waals surface area (Å²) in [6.07, 6.45) is 2.69. The van der Waals surface area contributed by atoms with Crippen LogP contribution in [0.3, 0.4) is 0 Å². The fourth-order valence-corrected chi connectivity index (χ4v) is 4.20. The number of hydrogen-bond acceptors (Lipinski definition) is 5. The second-order valence-corrected chi connectivity index (χ2v) is 7.58. The van der Waals surface area contributed by atoms with Crippen LogP contribution < -0.4 is 5.32 Å². The molecular formula is C18H16ClN3O3S. The number of halogens is 1. The van der Waals surface area contributed by atoms with Crippen molar-refractivity contribution in [3.05, 3.63) is 34.2 Å². The second-order valence-electron chi connectivity index (χ2n) is 6.14. The smallest absolute Gasteiger partial charge is 0.307 e. The Bertz CT molecular complexity index is 890. The molecule has 1 saturated carbocycles. The first-order chi connectivity index (χ1) is 12.5. The van der Waals surface area contributed by atoms with E-state index in [1.54, 1.807) is 24.3 Å². The van der Waals surface area contributed by atoms with E-state index in [-0.39, 0.29) is 11.0 Å². The van der Waals surface area contributed by atoms with Crippen molar-refractivity contribution in [2.24, 2.45) is 11.8 Å². The number of nitriles is 1. The molecule has 8 heteroatoms. The molecule has 1 fully saturated rings. The van der Waals surface area contributed by atoms with Gasteiger partial charge in [-0.1, -0.05) is 47.9 Å². The van der Waals surface area contributed by atoms with Crippen LogP contribution >= 0.6 is 22.9 Å². The number of carbonyl (C=O) groups is 2. The third kappa shape index (κ3) is 3.87. The number of hydrogen-bond donors (Lipinski definition) is 2. The first kappa shape index (κ1) is 18.4. The highest BCUT2D eigenvalue weighted by atomic mass is 35.5. The number of rotatable bonds is 4. The predicted molar refractivity (Wildman–Crippen MR) is 99.0 cm³/mol. The van der Waals surface area contributed by atoms with Gasteiger partial charge in [-0.05, 0) is 25.0 Å². The number of carboxylic acid groups (broad SMARTS) is 1. The third-order valence-electron chi connectivity index (χ3n) is 4.48. The molecule has 0 unspecified atom stereocenters. The van der Waals surface area contributed by atoms with Crippen molar-refractivity contribution in [3.8, 4) is 17.3 Å². The van der Waals surface area contributed by atoms with Gasteiger partial charge in [-0.15, -0.1) is 0 Å². The Morgan fingerprint density at radius 2 is 2.04 bits per heavy atom.